The van der Waals surface area contributed by atoms with E-state index in [1.54, 1.807) is 0 Å². The Morgan fingerprint density at radius 1 is 0.895 bits per heavy atom. The Bertz CT molecular complexity index is 704. The normalized spacial score (nSPS) is 10.3. The average Bonchev–Trinajstić information content (AvgIpc) is 2.37. The maximum atomic E-state index is 11.8. The van der Waals surface area contributed by atoms with E-state index >= 15 is 0 Å². The van der Waals surface area contributed by atoms with E-state index in [1.165, 1.54) is 0 Å². The van der Waals surface area contributed by atoms with Gasteiger partial charge < -0.3 is 0 Å². The summed E-state index contributed by atoms with van der Waals surface area (Å²) in [4.78, 5) is 0. The molecule has 0 aliphatic heterocycles. The van der Waals surface area contributed by atoms with E-state index in [2.05, 4.69) is 17.8 Å². The van der Waals surface area contributed by atoms with Gasteiger partial charge in [0, 0.05) is 5.56 Å². The molecule has 19 heavy (non-hydrogen) atoms. The van der Waals surface area contributed by atoms with Crippen molar-refractivity contribution in [1.82, 2.24) is 0 Å². The summed E-state index contributed by atoms with van der Waals surface area (Å²) in [6, 6.07) is 13.4. The van der Waals surface area contributed by atoms with E-state index in [9.17, 15) is 13.2 Å². The van der Waals surface area contributed by atoms with Gasteiger partial charge in [-0.1, -0.05) is 42.2 Å². The number of hydrogen-bond acceptors (Lipinski definition) is 0. The first-order valence-corrected chi connectivity index (χ1v) is 5.59. The van der Waals surface area contributed by atoms with Gasteiger partial charge in [0.25, 0.3) is 0 Å². The first kappa shape index (κ1) is 13.1. The zero-order valence-electron chi connectivity index (χ0n) is 9.88. The van der Waals surface area contributed by atoms with Crippen molar-refractivity contribution in [2.24, 2.45) is 0 Å². The Morgan fingerprint density at radius 3 is 2.37 bits per heavy atom. The second-order valence-electron chi connectivity index (χ2n) is 3.91. The fourth-order valence-electron chi connectivity index (χ4n) is 1.56. The van der Waals surface area contributed by atoms with E-state index < -0.39 is 12.6 Å². The highest BCUT2D eigenvalue weighted by Crippen LogP contribution is 2.18. The molecule has 94 valence electrons. The molecule has 0 amide bonds. The minimum atomic E-state index is -4.25. The average molecular weight is 258 g/mol. The summed E-state index contributed by atoms with van der Waals surface area (Å²) in [5.41, 5.74) is 0.736. The summed E-state index contributed by atoms with van der Waals surface area (Å²) >= 11 is 0. The Kier molecular flexibility index (Phi) is 3.78. The number of halogens is 3. The van der Waals surface area contributed by atoms with Crippen LogP contribution in [0.1, 0.15) is 12.0 Å². The fraction of sp³-hybridized carbons (Fsp3) is 0.125. The molecule has 0 atom stereocenters. The summed E-state index contributed by atoms with van der Waals surface area (Å²) in [6.07, 6.45) is -5.38. The predicted octanol–water partition coefficient (Wildman–Crippen LogP) is 4.15. The molecular formula is C16H9F3. The molecule has 0 N–H and O–H groups in total. The Balaban J connectivity index is 2.14. The maximum absolute atomic E-state index is 11.8. The molecule has 0 aromatic heterocycles. The van der Waals surface area contributed by atoms with Crippen LogP contribution in [-0.2, 0) is 0 Å². The van der Waals surface area contributed by atoms with Crippen molar-refractivity contribution < 1.29 is 13.2 Å². The van der Waals surface area contributed by atoms with Gasteiger partial charge >= 0.3 is 6.18 Å². The third-order valence-corrected chi connectivity index (χ3v) is 2.40. The summed E-state index contributed by atoms with van der Waals surface area (Å²) < 4.78 is 35.5. The number of fused-ring (bicyclic) bond motifs is 1. The number of rotatable bonds is 0. The van der Waals surface area contributed by atoms with E-state index in [0.717, 1.165) is 16.3 Å². The third kappa shape index (κ3) is 4.08. The van der Waals surface area contributed by atoms with Crippen LogP contribution in [-0.4, -0.2) is 6.18 Å². The second kappa shape index (κ2) is 5.50. The highest BCUT2D eigenvalue weighted by Gasteiger charge is 2.25. The van der Waals surface area contributed by atoms with Gasteiger partial charge in [0.2, 0.25) is 0 Å². The standard InChI is InChI=1S/C16H9F3/c17-16(18,19)11-5-1-2-6-13-9-10-14-7-3-4-8-15(14)12-13/h3-4,7-10,12H,11H2. The molecule has 0 aliphatic rings. The SMILES string of the molecule is FC(F)(F)CC#CC#Cc1ccc2ccccc2c1. The van der Waals surface area contributed by atoms with Crippen LogP contribution in [0, 0.1) is 23.7 Å². The minimum Gasteiger partial charge on any atom is -0.170 e. The molecule has 2 aromatic carbocycles. The highest BCUT2D eigenvalue weighted by molar-refractivity contribution is 5.83. The zero-order valence-corrected chi connectivity index (χ0v) is 9.88. The first-order valence-electron chi connectivity index (χ1n) is 5.59. The highest BCUT2D eigenvalue weighted by atomic mass is 19.4. The molecule has 0 spiro atoms. The molecule has 0 unspecified atom stereocenters. The number of hydrogen-bond donors (Lipinski definition) is 0. The van der Waals surface area contributed by atoms with Crippen molar-refractivity contribution >= 4 is 10.8 Å². The lowest BCUT2D eigenvalue weighted by Gasteiger charge is -1.97. The van der Waals surface area contributed by atoms with Crippen LogP contribution in [0.5, 0.6) is 0 Å². The Hall–Kier alpha value is -2.39. The Labute approximate surface area is 109 Å². The van der Waals surface area contributed by atoms with Crippen molar-refractivity contribution in [2.75, 3.05) is 0 Å². The molecule has 0 saturated carbocycles. The summed E-state index contributed by atoms with van der Waals surface area (Å²) in [5, 5.41) is 2.13. The molecule has 3 heteroatoms. The molecule has 0 nitrogen and oxygen atoms in total. The number of benzene rings is 2. The molecule has 0 fully saturated rings. The fourth-order valence-corrected chi connectivity index (χ4v) is 1.56. The summed E-state index contributed by atoms with van der Waals surface area (Å²) in [5.74, 6) is 9.35. The van der Waals surface area contributed by atoms with Gasteiger partial charge in [0.05, 0.1) is 0 Å². The predicted molar refractivity (Wildman–Crippen MR) is 69.3 cm³/mol. The smallest absolute Gasteiger partial charge is 0.170 e. The van der Waals surface area contributed by atoms with Crippen LogP contribution < -0.4 is 0 Å². The van der Waals surface area contributed by atoms with Crippen molar-refractivity contribution in [3.63, 3.8) is 0 Å². The lowest BCUT2D eigenvalue weighted by Crippen LogP contribution is -2.04. The van der Waals surface area contributed by atoms with Crippen LogP contribution in [0.2, 0.25) is 0 Å². The largest absolute Gasteiger partial charge is 0.399 e. The van der Waals surface area contributed by atoms with Crippen molar-refractivity contribution in [1.29, 1.82) is 0 Å². The Morgan fingerprint density at radius 2 is 1.63 bits per heavy atom. The zero-order chi connectivity index (χ0) is 13.7. The van der Waals surface area contributed by atoms with Gasteiger partial charge in [0.1, 0.15) is 6.42 Å². The van der Waals surface area contributed by atoms with Gasteiger partial charge in [-0.3, -0.25) is 0 Å². The van der Waals surface area contributed by atoms with Crippen LogP contribution in [0.15, 0.2) is 42.5 Å². The van der Waals surface area contributed by atoms with Gasteiger partial charge in [-0.2, -0.15) is 13.2 Å². The van der Waals surface area contributed by atoms with Crippen LogP contribution in [0.4, 0.5) is 13.2 Å². The minimum absolute atomic E-state index is 0.736. The van der Waals surface area contributed by atoms with Crippen molar-refractivity contribution in [2.45, 2.75) is 12.6 Å². The van der Waals surface area contributed by atoms with Gasteiger partial charge in [-0.15, -0.1) is 0 Å². The molecule has 0 radical (unpaired) electrons. The van der Waals surface area contributed by atoms with Crippen molar-refractivity contribution in [3.8, 4) is 23.7 Å². The first-order chi connectivity index (χ1) is 9.04. The molecule has 2 rings (SSSR count). The number of alkyl halides is 3. The van der Waals surface area contributed by atoms with Gasteiger partial charge in [0.15, 0.2) is 0 Å². The molecule has 0 heterocycles. The molecule has 0 saturated heterocycles. The monoisotopic (exact) mass is 258 g/mol. The second-order valence-corrected chi connectivity index (χ2v) is 3.91. The molecular weight excluding hydrogens is 249 g/mol. The van der Waals surface area contributed by atoms with E-state index in [-0.39, 0.29) is 0 Å². The maximum Gasteiger partial charge on any atom is 0.399 e. The van der Waals surface area contributed by atoms with E-state index in [0.29, 0.717) is 0 Å². The van der Waals surface area contributed by atoms with Gasteiger partial charge in [-0.25, -0.2) is 0 Å². The van der Waals surface area contributed by atoms with Crippen LogP contribution in [0.25, 0.3) is 10.8 Å². The van der Waals surface area contributed by atoms with Crippen molar-refractivity contribution in [3.05, 3.63) is 48.0 Å². The van der Waals surface area contributed by atoms with Crippen LogP contribution >= 0.6 is 0 Å². The lowest BCUT2D eigenvalue weighted by molar-refractivity contribution is -0.123. The van der Waals surface area contributed by atoms with E-state index in [4.69, 9.17) is 0 Å². The molecule has 2 aromatic rings. The molecule has 0 bridgehead atoms. The van der Waals surface area contributed by atoms with Gasteiger partial charge in [-0.05, 0) is 34.7 Å². The summed E-state index contributed by atoms with van der Waals surface area (Å²) in [6.45, 7) is 0. The molecule has 0 aliphatic carbocycles. The topological polar surface area (TPSA) is 0 Å². The third-order valence-electron chi connectivity index (χ3n) is 2.40. The lowest BCUT2D eigenvalue weighted by atomic mass is 10.1. The van der Waals surface area contributed by atoms with Crippen LogP contribution in [0.3, 0.4) is 0 Å². The summed E-state index contributed by atoms with van der Waals surface area (Å²) in [7, 11) is 0. The quantitative estimate of drug-likeness (QED) is 0.623. The van der Waals surface area contributed by atoms with E-state index in [1.807, 2.05) is 48.4 Å².